The first-order valence-corrected chi connectivity index (χ1v) is 6.36. The van der Waals surface area contributed by atoms with Crippen LogP contribution in [0.1, 0.15) is 26.7 Å². The van der Waals surface area contributed by atoms with E-state index in [1.54, 1.807) is 13.0 Å². The molecule has 0 aliphatic heterocycles. The van der Waals surface area contributed by atoms with Gasteiger partial charge in [0.25, 0.3) is 0 Å². The molecule has 0 aliphatic carbocycles. The summed E-state index contributed by atoms with van der Waals surface area (Å²) in [5.41, 5.74) is -0.853. The summed E-state index contributed by atoms with van der Waals surface area (Å²) in [5, 5.41) is 3.84. The maximum atomic E-state index is 11.8. The minimum atomic E-state index is -0.853. The molecule has 18 heavy (non-hydrogen) atoms. The van der Waals surface area contributed by atoms with Crippen molar-refractivity contribution in [2.45, 2.75) is 32.2 Å². The van der Waals surface area contributed by atoms with Crippen molar-refractivity contribution >= 4 is 35.0 Å². The van der Waals surface area contributed by atoms with E-state index in [-0.39, 0.29) is 5.97 Å². The van der Waals surface area contributed by atoms with Gasteiger partial charge in [0.05, 0.1) is 17.2 Å². The Kier molecular flexibility index (Phi) is 5.23. The first-order chi connectivity index (χ1) is 8.42. The van der Waals surface area contributed by atoms with E-state index in [1.807, 2.05) is 6.92 Å². The number of hydrogen-bond acceptors (Lipinski definition) is 4. The Morgan fingerprint density at radius 1 is 1.56 bits per heavy atom. The third-order valence-corrected chi connectivity index (χ3v) is 3.08. The second-order valence-electron chi connectivity index (χ2n) is 4.18. The van der Waals surface area contributed by atoms with Crippen molar-refractivity contribution in [1.29, 1.82) is 0 Å². The molecule has 0 saturated carbocycles. The van der Waals surface area contributed by atoms with E-state index in [9.17, 15) is 4.79 Å². The van der Waals surface area contributed by atoms with Crippen LogP contribution in [0.4, 0.5) is 5.82 Å². The predicted octanol–water partition coefficient (Wildman–Crippen LogP) is 3.53. The Morgan fingerprint density at radius 2 is 2.22 bits per heavy atom. The summed E-state index contributed by atoms with van der Waals surface area (Å²) in [7, 11) is 1.36. The Balaban J connectivity index is 2.99. The molecule has 1 N–H and O–H groups in total. The van der Waals surface area contributed by atoms with Gasteiger partial charge in [-0.2, -0.15) is 0 Å². The Morgan fingerprint density at radius 3 is 2.72 bits per heavy atom. The van der Waals surface area contributed by atoms with Gasteiger partial charge in [-0.05, 0) is 19.4 Å². The molecule has 1 aromatic heterocycles. The van der Waals surface area contributed by atoms with Crippen LogP contribution in [0.15, 0.2) is 12.3 Å². The van der Waals surface area contributed by atoms with Gasteiger partial charge in [0.1, 0.15) is 11.4 Å². The molecule has 0 spiro atoms. The van der Waals surface area contributed by atoms with Crippen LogP contribution in [-0.4, -0.2) is 23.6 Å². The number of carbonyl (C=O) groups excluding carboxylic acids is 1. The van der Waals surface area contributed by atoms with Gasteiger partial charge < -0.3 is 10.1 Å². The van der Waals surface area contributed by atoms with Crippen molar-refractivity contribution in [3.8, 4) is 0 Å². The van der Waals surface area contributed by atoms with Crippen molar-refractivity contribution < 1.29 is 9.53 Å². The molecule has 0 fully saturated rings. The highest BCUT2D eigenvalue weighted by Crippen LogP contribution is 2.27. The maximum Gasteiger partial charge on any atom is 0.331 e. The number of carbonyl (C=O) groups is 1. The molecule has 1 atom stereocenters. The van der Waals surface area contributed by atoms with E-state index in [4.69, 9.17) is 27.9 Å². The zero-order chi connectivity index (χ0) is 13.8. The van der Waals surface area contributed by atoms with Crippen molar-refractivity contribution in [1.82, 2.24) is 4.98 Å². The van der Waals surface area contributed by atoms with E-state index >= 15 is 0 Å². The molecule has 1 unspecified atom stereocenters. The third kappa shape index (κ3) is 3.50. The number of esters is 1. The number of pyridine rings is 1. The van der Waals surface area contributed by atoms with Crippen LogP contribution in [0.3, 0.4) is 0 Å². The highest BCUT2D eigenvalue weighted by Gasteiger charge is 2.34. The highest BCUT2D eigenvalue weighted by molar-refractivity contribution is 6.36. The van der Waals surface area contributed by atoms with Crippen LogP contribution in [-0.2, 0) is 9.53 Å². The molecule has 0 radical (unpaired) electrons. The molecule has 0 amide bonds. The number of nitrogens with zero attached hydrogens (tertiary/aromatic N) is 1. The third-order valence-electron chi connectivity index (χ3n) is 2.59. The number of halogens is 2. The van der Waals surface area contributed by atoms with Gasteiger partial charge in [0.2, 0.25) is 0 Å². The summed E-state index contributed by atoms with van der Waals surface area (Å²) in [6.45, 7) is 3.74. The Hall–Kier alpha value is -1.00. The molecule has 1 aromatic rings. The van der Waals surface area contributed by atoms with E-state index in [0.717, 1.165) is 6.42 Å². The van der Waals surface area contributed by atoms with Crippen LogP contribution in [0.2, 0.25) is 10.0 Å². The predicted molar refractivity (Wildman–Crippen MR) is 73.2 cm³/mol. The van der Waals surface area contributed by atoms with Crippen molar-refractivity contribution in [3.63, 3.8) is 0 Å². The van der Waals surface area contributed by atoms with E-state index in [1.165, 1.54) is 13.3 Å². The van der Waals surface area contributed by atoms with Gasteiger partial charge in [-0.15, -0.1) is 0 Å². The Bertz CT molecular complexity index is 440. The minimum Gasteiger partial charge on any atom is -0.467 e. The minimum absolute atomic E-state index is 0.350. The highest BCUT2D eigenvalue weighted by atomic mass is 35.5. The largest absolute Gasteiger partial charge is 0.467 e. The van der Waals surface area contributed by atoms with Crippen LogP contribution >= 0.6 is 23.2 Å². The lowest BCUT2D eigenvalue weighted by atomic mass is 9.96. The maximum absolute atomic E-state index is 11.8. The SMILES string of the molecule is CCCC(C)(Nc1ncc(Cl)cc1Cl)C(=O)OC. The van der Waals surface area contributed by atoms with Crippen LogP contribution < -0.4 is 5.32 Å². The number of hydrogen-bond donors (Lipinski definition) is 1. The number of rotatable bonds is 5. The van der Waals surface area contributed by atoms with Crippen LogP contribution in [0.5, 0.6) is 0 Å². The zero-order valence-corrected chi connectivity index (χ0v) is 12.1. The van der Waals surface area contributed by atoms with E-state index < -0.39 is 5.54 Å². The lowest BCUT2D eigenvalue weighted by Gasteiger charge is -2.28. The van der Waals surface area contributed by atoms with E-state index in [2.05, 4.69) is 10.3 Å². The van der Waals surface area contributed by atoms with Crippen LogP contribution in [0, 0.1) is 0 Å². The molecular formula is C12H16Cl2N2O2. The fraction of sp³-hybridized carbons (Fsp3) is 0.500. The van der Waals surface area contributed by atoms with Gasteiger partial charge in [-0.3, -0.25) is 0 Å². The number of nitrogens with one attached hydrogen (secondary N) is 1. The molecule has 1 rings (SSSR count). The lowest BCUT2D eigenvalue weighted by Crippen LogP contribution is -2.44. The lowest BCUT2D eigenvalue weighted by molar-refractivity contribution is -0.145. The van der Waals surface area contributed by atoms with Gasteiger partial charge in [-0.1, -0.05) is 36.5 Å². The smallest absolute Gasteiger partial charge is 0.331 e. The monoisotopic (exact) mass is 290 g/mol. The molecule has 0 aliphatic rings. The van der Waals surface area contributed by atoms with Crippen LogP contribution in [0.25, 0.3) is 0 Å². The quantitative estimate of drug-likeness (QED) is 0.843. The molecule has 0 bridgehead atoms. The average molecular weight is 291 g/mol. The average Bonchev–Trinajstić information content (AvgIpc) is 2.32. The number of aromatic nitrogens is 1. The molecular weight excluding hydrogens is 275 g/mol. The summed E-state index contributed by atoms with van der Waals surface area (Å²) in [4.78, 5) is 15.9. The second-order valence-corrected chi connectivity index (χ2v) is 5.03. The summed E-state index contributed by atoms with van der Waals surface area (Å²) < 4.78 is 4.81. The summed E-state index contributed by atoms with van der Waals surface area (Å²) in [6, 6.07) is 1.57. The van der Waals surface area contributed by atoms with Gasteiger partial charge in [0.15, 0.2) is 0 Å². The number of methoxy groups -OCH3 is 1. The number of anilines is 1. The first kappa shape index (κ1) is 15.1. The Labute approximate surface area is 117 Å². The topological polar surface area (TPSA) is 51.2 Å². The first-order valence-electron chi connectivity index (χ1n) is 5.60. The zero-order valence-electron chi connectivity index (χ0n) is 10.6. The summed E-state index contributed by atoms with van der Waals surface area (Å²) in [6.07, 6.45) is 2.91. The molecule has 4 nitrogen and oxygen atoms in total. The van der Waals surface area contributed by atoms with Gasteiger partial charge in [-0.25, -0.2) is 9.78 Å². The molecule has 0 aromatic carbocycles. The van der Waals surface area contributed by atoms with Crippen molar-refractivity contribution in [3.05, 3.63) is 22.3 Å². The molecule has 6 heteroatoms. The standard InChI is InChI=1S/C12H16Cl2N2O2/c1-4-5-12(2,11(17)18-3)16-10-9(14)6-8(13)7-15-10/h6-7H,4-5H2,1-3H3,(H,15,16). The fourth-order valence-electron chi connectivity index (χ4n) is 1.71. The van der Waals surface area contributed by atoms with E-state index in [0.29, 0.717) is 22.3 Å². The fourth-order valence-corrected chi connectivity index (χ4v) is 2.14. The molecule has 1 heterocycles. The molecule has 100 valence electrons. The van der Waals surface area contributed by atoms with Gasteiger partial charge in [0, 0.05) is 6.20 Å². The summed E-state index contributed by atoms with van der Waals surface area (Å²) >= 11 is 11.8. The number of ether oxygens (including phenoxy) is 1. The van der Waals surface area contributed by atoms with Crippen molar-refractivity contribution in [2.24, 2.45) is 0 Å². The van der Waals surface area contributed by atoms with Gasteiger partial charge >= 0.3 is 5.97 Å². The second kappa shape index (κ2) is 6.25. The van der Waals surface area contributed by atoms with Crippen molar-refractivity contribution in [2.75, 3.05) is 12.4 Å². The summed E-state index contributed by atoms with van der Waals surface area (Å²) in [5.74, 6) is 0.0691. The normalized spacial score (nSPS) is 13.8. The molecule has 0 saturated heterocycles.